The number of anilines is 1. The number of para-hydroxylation sites is 1. The standard InChI is InChI=1S/C21H30N4O/c1-2-22-20(24-14-21(10-5-11-21)16-8-9-16)23-13-15-12-19(26)25-18-7-4-3-6-17(15)18/h3-4,6-7,15-16H,2,5,8-14H2,1H3,(H,25,26)(H2,22,23,24). The van der Waals surface area contributed by atoms with E-state index in [9.17, 15) is 4.79 Å². The van der Waals surface area contributed by atoms with E-state index in [2.05, 4.69) is 28.9 Å². The predicted octanol–water partition coefficient (Wildman–Crippen LogP) is 3.25. The van der Waals surface area contributed by atoms with Crippen LogP contribution in [-0.2, 0) is 4.79 Å². The van der Waals surface area contributed by atoms with Gasteiger partial charge < -0.3 is 16.0 Å². The first-order valence-electron chi connectivity index (χ1n) is 10.1. The molecule has 1 amide bonds. The maximum absolute atomic E-state index is 12.0. The zero-order valence-electron chi connectivity index (χ0n) is 15.7. The fraction of sp³-hybridized carbons (Fsp3) is 0.619. The molecule has 1 unspecified atom stereocenters. The summed E-state index contributed by atoms with van der Waals surface area (Å²) in [5, 5.41) is 9.84. The van der Waals surface area contributed by atoms with Gasteiger partial charge in [-0.05, 0) is 55.6 Å². The molecule has 1 heterocycles. The Balaban J connectivity index is 1.41. The lowest BCUT2D eigenvalue weighted by molar-refractivity contribution is -0.116. The highest BCUT2D eigenvalue weighted by atomic mass is 16.1. The molecule has 140 valence electrons. The summed E-state index contributed by atoms with van der Waals surface area (Å²) in [6.45, 7) is 4.62. The van der Waals surface area contributed by atoms with Gasteiger partial charge in [0.1, 0.15) is 0 Å². The van der Waals surface area contributed by atoms with E-state index in [1.165, 1.54) is 37.7 Å². The number of fused-ring (bicyclic) bond motifs is 1. The van der Waals surface area contributed by atoms with Gasteiger partial charge in [-0.15, -0.1) is 0 Å². The summed E-state index contributed by atoms with van der Waals surface area (Å²) in [4.78, 5) is 16.9. The van der Waals surface area contributed by atoms with Crippen LogP contribution in [-0.4, -0.2) is 31.5 Å². The first-order chi connectivity index (χ1) is 12.7. The molecule has 5 heteroatoms. The summed E-state index contributed by atoms with van der Waals surface area (Å²) in [7, 11) is 0. The van der Waals surface area contributed by atoms with Crippen LogP contribution in [0.5, 0.6) is 0 Å². The Bertz CT molecular complexity index is 691. The van der Waals surface area contributed by atoms with Crippen LogP contribution in [0.4, 0.5) is 5.69 Å². The van der Waals surface area contributed by atoms with E-state index < -0.39 is 0 Å². The number of aliphatic imine (C=N–C) groups is 1. The molecule has 3 N–H and O–H groups in total. The second-order valence-corrected chi connectivity index (χ2v) is 8.10. The van der Waals surface area contributed by atoms with E-state index >= 15 is 0 Å². The number of carbonyl (C=O) groups is 1. The maximum Gasteiger partial charge on any atom is 0.225 e. The molecular formula is C21H30N4O. The van der Waals surface area contributed by atoms with Crippen molar-refractivity contribution in [3.8, 4) is 0 Å². The Morgan fingerprint density at radius 2 is 2.08 bits per heavy atom. The van der Waals surface area contributed by atoms with Crippen molar-refractivity contribution < 1.29 is 4.79 Å². The molecule has 5 nitrogen and oxygen atoms in total. The highest BCUT2D eigenvalue weighted by molar-refractivity contribution is 5.94. The molecular weight excluding hydrogens is 324 g/mol. The fourth-order valence-electron chi connectivity index (χ4n) is 4.50. The SMILES string of the molecule is CCNC(=NCC1(C2CC2)CCC1)NCC1CC(=O)Nc2ccccc21. The summed E-state index contributed by atoms with van der Waals surface area (Å²) in [5.41, 5.74) is 2.64. The molecule has 2 fully saturated rings. The van der Waals surface area contributed by atoms with Crippen molar-refractivity contribution in [2.75, 3.05) is 25.0 Å². The summed E-state index contributed by atoms with van der Waals surface area (Å²) in [6.07, 6.45) is 7.37. The van der Waals surface area contributed by atoms with E-state index in [0.717, 1.165) is 37.2 Å². The van der Waals surface area contributed by atoms with E-state index in [0.29, 0.717) is 11.8 Å². The van der Waals surface area contributed by atoms with Crippen molar-refractivity contribution in [1.82, 2.24) is 10.6 Å². The van der Waals surface area contributed by atoms with Gasteiger partial charge in [0.05, 0.1) is 0 Å². The van der Waals surface area contributed by atoms with Gasteiger partial charge in [-0.2, -0.15) is 0 Å². The smallest absolute Gasteiger partial charge is 0.225 e. The summed E-state index contributed by atoms with van der Waals surface area (Å²) in [5.74, 6) is 2.09. The monoisotopic (exact) mass is 354 g/mol. The second-order valence-electron chi connectivity index (χ2n) is 8.10. The maximum atomic E-state index is 12.0. The van der Waals surface area contributed by atoms with E-state index in [-0.39, 0.29) is 11.8 Å². The lowest BCUT2D eigenvalue weighted by Crippen LogP contribution is -2.42. The summed E-state index contributed by atoms with van der Waals surface area (Å²) < 4.78 is 0. The van der Waals surface area contributed by atoms with Crippen LogP contribution in [0.15, 0.2) is 29.3 Å². The third-order valence-corrected chi connectivity index (χ3v) is 6.31. The fourth-order valence-corrected chi connectivity index (χ4v) is 4.50. The van der Waals surface area contributed by atoms with Crippen molar-refractivity contribution >= 4 is 17.6 Å². The van der Waals surface area contributed by atoms with Gasteiger partial charge >= 0.3 is 0 Å². The molecule has 1 aromatic carbocycles. The quantitative estimate of drug-likeness (QED) is 0.543. The molecule has 0 radical (unpaired) electrons. The second kappa shape index (κ2) is 7.29. The van der Waals surface area contributed by atoms with Crippen LogP contribution in [0.2, 0.25) is 0 Å². The van der Waals surface area contributed by atoms with Crippen LogP contribution >= 0.6 is 0 Å². The van der Waals surface area contributed by atoms with Gasteiger partial charge in [-0.3, -0.25) is 9.79 Å². The Kier molecular flexibility index (Phi) is 4.88. The molecule has 1 aliphatic heterocycles. The number of amides is 1. The average molecular weight is 354 g/mol. The minimum atomic E-state index is 0.0968. The summed E-state index contributed by atoms with van der Waals surface area (Å²) in [6, 6.07) is 8.10. The van der Waals surface area contributed by atoms with Gasteiger partial charge in [0, 0.05) is 37.7 Å². The molecule has 0 spiro atoms. The van der Waals surface area contributed by atoms with E-state index in [1.54, 1.807) is 0 Å². The molecule has 26 heavy (non-hydrogen) atoms. The van der Waals surface area contributed by atoms with E-state index in [1.807, 2.05) is 18.2 Å². The largest absolute Gasteiger partial charge is 0.357 e. The van der Waals surface area contributed by atoms with Gasteiger partial charge in [0.15, 0.2) is 5.96 Å². The molecule has 0 bridgehead atoms. The molecule has 2 aliphatic carbocycles. The molecule has 1 aromatic rings. The van der Waals surface area contributed by atoms with Crippen LogP contribution in [0, 0.1) is 11.3 Å². The molecule has 0 aromatic heterocycles. The molecule has 0 saturated heterocycles. The van der Waals surface area contributed by atoms with Crippen molar-refractivity contribution in [3.05, 3.63) is 29.8 Å². The molecule has 3 aliphatic rings. The number of nitrogens with one attached hydrogen (secondary N) is 3. The van der Waals surface area contributed by atoms with Crippen LogP contribution < -0.4 is 16.0 Å². The molecule has 2 saturated carbocycles. The first-order valence-corrected chi connectivity index (χ1v) is 10.1. The van der Waals surface area contributed by atoms with Crippen LogP contribution in [0.25, 0.3) is 0 Å². The van der Waals surface area contributed by atoms with Gasteiger partial charge in [-0.25, -0.2) is 0 Å². The third-order valence-electron chi connectivity index (χ3n) is 6.31. The predicted molar refractivity (Wildman–Crippen MR) is 105 cm³/mol. The lowest BCUT2D eigenvalue weighted by atomic mass is 9.65. The minimum Gasteiger partial charge on any atom is -0.357 e. The van der Waals surface area contributed by atoms with Crippen molar-refractivity contribution in [2.24, 2.45) is 16.3 Å². The highest BCUT2D eigenvalue weighted by Gasteiger charge is 2.48. The Morgan fingerprint density at radius 1 is 1.27 bits per heavy atom. The molecule has 4 rings (SSSR count). The number of benzene rings is 1. The normalized spacial score (nSPS) is 24.3. The topological polar surface area (TPSA) is 65.5 Å². The average Bonchev–Trinajstić information content (AvgIpc) is 3.43. The third kappa shape index (κ3) is 3.57. The first kappa shape index (κ1) is 17.4. The number of carbonyl (C=O) groups excluding carboxylic acids is 1. The Morgan fingerprint density at radius 3 is 2.77 bits per heavy atom. The van der Waals surface area contributed by atoms with Gasteiger partial charge in [0.25, 0.3) is 0 Å². The van der Waals surface area contributed by atoms with Crippen molar-refractivity contribution in [3.63, 3.8) is 0 Å². The number of nitrogens with zero attached hydrogens (tertiary/aromatic N) is 1. The Hall–Kier alpha value is -2.04. The molecule has 1 atom stereocenters. The Labute approximate surface area is 156 Å². The highest BCUT2D eigenvalue weighted by Crippen LogP contribution is 2.57. The minimum absolute atomic E-state index is 0.0968. The summed E-state index contributed by atoms with van der Waals surface area (Å²) >= 11 is 0. The van der Waals surface area contributed by atoms with E-state index in [4.69, 9.17) is 4.99 Å². The number of guanidine groups is 1. The lowest BCUT2D eigenvalue weighted by Gasteiger charge is -2.41. The van der Waals surface area contributed by atoms with Crippen LogP contribution in [0.3, 0.4) is 0 Å². The zero-order valence-corrected chi connectivity index (χ0v) is 15.7. The zero-order chi connectivity index (χ0) is 18.0. The van der Waals surface area contributed by atoms with Gasteiger partial charge in [0.2, 0.25) is 5.91 Å². The number of rotatable bonds is 6. The van der Waals surface area contributed by atoms with Crippen LogP contribution in [0.1, 0.15) is 56.9 Å². The van der Waals surface area contributed by atoms with Crippen molar-refractivity contribution in [1.29, 1.82) is 0 Å². The van der Waals surface area contributed by atoms with Gasteiger partial charge in [-0.1, -0.05) is 24.6 Å². The number of hydrogen-bond acceptors (Lipinski definition) is 2. The number of hydrogen-bond donors (Lipinski definition) is 3. The van der Waals surface area contributed by atoms with Crippen molar-refractivity contribution in [2.45, 2.75) is 51.4 Å².